The van der Waals surface area contributed by atoms with Crippen LogP contribution in [0.4, 0.5) is 13.2 Å². The van der Waals surface area contributed by atoms with Crippen molar-refractivity contribution < 1.29 is 22.8 Å². The maximum Gasteiger partial charge on any atom is 0.474 e. The standard InChI is InChI=1S/C7H9F3N2O2S/c1-12-3-2-4(5(12)13)15-11-6(14)7(8,9)10/h4,15H,2-3H2,1H3/t4-/m1/s1. The molecule has 0 aromatic carbocycles. The van der Waals surface area contributed by atoms with Gasteiger partial charge in [-0.25, -0.2) is 0 Å². The first-order valence-electron chi connectivity index (χ1n) is 4.09. The molecule has 15 heavy (non-hydrogen) atoms. The molecule has 1 atom stereocenters. The van der Waals surface area contributed by atoms with Gasteiger partial charge in [0.05, 0.1) is 5.25 Å². The van der Waals surface area contributed by atoms with Crippen molar-refractivity contribution in [1.29, 1.82) is 0 Å². The van der Waals surface area contributed by atoms with E-state index in [-0.39, 0.29) is 17.5 Å². The summed E-state index contributed by atoms with van der Waals surface area (Å²) in [5.41, 5.74) is 0. The number of hydrogen-bond donors (Lipinski definition) is 1. The van der Waals surface area contributed by atoms with Crippen LogP contribution in [0.1, 0.15) is 6.42 Å². The van der Waals surface area contributed by atoms with Crippen LogP contribution in [0.25, 0.3) is 0 Å². The average molecular weight is 242 g/mol. The van der Waals surface area contributed by atoms with Crippen LogP contribution in [-0.4, -0.2) is 41.7 Å². The van der Waals surface area contributed by atoms with Crippen molar-refractivity contribution in [2.45, 2.75) is 17.8 Å². The fourth-order valence-electron chi connectivity index (χ4n) is 1.09. The van der Waals surface area contributed by atoms with Gasteiger partial charge >= 0.3 is 12.1 Å². The van der Waals surface area contributed by atoms with E-state index in [4.69, 9.17) is 0 Å². The number of hydrogen-bond acceptors (Lipinski definition) is 2. The highest BCUT2D eigenvalue weighted by atomic mass is 32.1. The van der Waals surface area contributed by atoms with Crippen molar-refractivity contribution in [3.05, 3.63) is 0 Å². The van der Waals surface area contributed by atoms with Gasteiger partial charge in [-0.05, 0) is 6.42 Å². The Morgan fingerprint density at radius 3 is 2.60 bits per heavy atom. The van der Waals surface area contributed by atoms with Crippen LogP contribution < -0.4 is 0 Å². The SMILES string of the molecule is CN1CC[C@@H](/[SH]=N/C(=O)C(F)(F)F)C1=O. The lowest BCUT2D eigenvalue weighted by molar-refractivity contribution is -0.169. The number of alkyl halides is 3. The minimum Gasteiger partial charge on any atom is -0.345 e. The van der Waals surface area contributed by atoms with E-state index >= 15 is 0 Å². The zero-order chi connectivity index (χ0) is 11.6. The van der Waals surface area contributed by atoms with E-state index in [0.29, 0.717) is 13.0 Å². The summed E-state index contributed by atoms with van der Waals surface area (Å²) in [7, 11) is 1.56. The van der Waals surface area contributed by atoms with Gasteiger partial charge in [0, 0.05) is 13.6 Å². The summed E-state index contributed by atoms with van der Waals surface area (Å²) < 4.78 is 38.1. The number of likely N-dealkylation sites (tertiary alicyclic amines) is 1. The molecule has 1 aliphatic heterocycles. The van der Waals surface area contributed by atoms with Crippen LogP contribution in [0.3, 0.4) is 0 Å². The summed E-state index contributed by atoms with van der Waals surface area (Å²) in [6.07, 6.45) is -4.51. The van der Waals surface area contributed by atoms with Gasteiger partial charge in [0.2, 0.25) is 5.91 Å². The number of rotatable bonds is 1. The minimum atomic E-state index is -4.94. The second-order valence-electron chi connectivity index (χ2n) is 3.08. The second-order valence-corrected chi connectivity index (χ2v) is 4.14. The van der Waals surface area contributed by atoms with Gasteiger partial charge < -0.3 is 4.90 Å². The molecule has 86 valence electrons. The molecule has 0 aromatic rings. The lowest BCUT2D eigenvalue weighted by Gasteiger charge is -2.06. The predicted molar refractivity (Wildman–Crippen MR) is 48.3 cm³/mol. The van der Waals surface area contributed by atoms with Crippen LogP contribution in [0.5, 0.6) is 0 Å². The zero-order valence-corrected chi connectivity index (χ0v) is 8.68. The van der Waals surface area contributed by atoms with Gasteiger partial charge in [-0.15, -0.1) is 0 Å². The van der Waals surface area contributed by atoms with E-state index in [0.717, 1.165) is 0 Å². The monoisotopic (exact) mass is 242 g/mol. The van der Waals surface area contributed by atoms with Crippen molar-refractivity contribution in [3.63, 3.8) is 0 Å². The second kappa shape index (κ2) is 4.30. The molecule has 0 aliphatic carbocycles. The Morgan fingerprint density at radius 2 is 2.20 bits per heavy atom. The van der Waals surface area contributed by atoms with Gasteiger partial charge in [-0.1, -0.05) is 11.6 Å². The van der Waals surface area contributed by atoms with E-state index in [2.05, 4.69) is 4.36 Å². The molecule has 0 N–H and O–H groups in total. The number of amides is 2. The molecule has 4 nitrogen and oxygen atoms in total. The summed E-state index contributed by atoms with van der Waals surface area (Å²) >= 11 is -0.117. The first-order chi connectivity index (χ1) is 6.82. The third-order valence-electron chi connectivity index (χ3n) is 1.93. The van der Waals surface area contributed by atoms with Gasteiger partial charge in [0.25, 0.3) is 0 Å². The molecule has 0 unspecified atom stereocenters. The van der Waals surface area contributed by atoms with E-state index in [1.807, 2.05) is 0 Å². The van der Waals surface area contributed by atoms with Gasteiger partial charge in [0.15, 0.2) is 0 Å². The Morgan fingerprint density at radius 1 is 1.60 bits per heavy atom. The van der Waals surface area contributed by atoms with E-state index in [1.165, 1.54) is 4.90 Å². The Labute approximate surface area is 87.6 Å². The first-order valence-corrected chi connectivity index (χ1v) is 5.01. The van der Waals surface area contributed by atoms with Gasteiger partial charge in [-0.2, -0.15) is 17.5 Å². The average Bonchev–Trinajstić information content (AvgIpc) is 2.43. The predicted octanol–water partition coefficient (Wildman–Crippen LogP) is 0.305. The Hall–Kier alpha value is -0.920. The number of carbonyl (C=O) groups excluding carboxylic acids is 2. The number of nitrogens with zero attached hydrogens (tertiary/aromatic N) is 2. The van der Waals surface area contributed by atoms with Crippen molar-refractivity contribution in [1.82, 2.24) is 4.90 Å². The van der Waals surface area contributed by atoms with E-state index < -0.39 is 17.3 Å². The molecule has 0 aromatic heterocycles. The third kappa shape index (κ3) is 3.01. The summed E-state index contributed by atoms with van der Waals surface area (Å²) in [6, 6.07) is 0. The van der Waals surface area contributed by atoms with Crippen molar-refractivity contribution >= 4 is 23.4 Å². The molecule has 0 saturated carbocycles. The van der Waals surface area contributed by atoms with Crippen LogP contribution in [-0.2, 0) is 21.1 Å². The highest BCUT2D eigenvalue weighted by molar-refractivity contribution is 7.70. The molecule has 0 spiro atoms. The molecule has 1 rings (SSSR count). The van der Waals surface area contributed by atoms with Crippen molar-refractivity contribution in [2.75, 3.05) is 13.6 Å². The smallest absolute Gasteiger partial charge is 0.345 e. The molecule has 1 saturated heterocycles. The molecular formula is C7H9F3N2O2S. The third-order valence-corrected chi connectivity index (χ3v) is 2.98. The first kappa shape index (κ1) is 12.2. The fourth-order valence-corrected chi connectivity index (χ4v) is 1.97. The quantitative estimate of drug-likeness (QED) is 0.672. The molecule has 1 heterocycles. The van der Waals surface area contributed by atoms with E-state index in [9.17, 15) is 22.8 Å². The largest absolute Gasteiger partial charge is 0.474 e. The summed E-state index contributed by atoms with van der Waals surface area (Å²) in [5.74, 6) is -2.40. The van der Waals surface area contributed by atoms with E-state index in [1.54, 1.807) is 7.05 Å². The highest BCUT2D eigenvalue weighted by Crippen LogP contribution is 2.17. The van der Waals surface area contributed by atoms with Crippen LogP contribution in [0.2, 0.25) is 0 Å². The van der Waals surface area contributed by atoms with Gasteiger partial charge in [0.1, 0.15) is 0 Å². The molecule has 2 amide bonds. The molecule has 0 radical (unpaired) electrons. The Balaban J connectivity index is 2.60. The van der Waals surface area contributed by atoms with Crippen molar-refractivity contribution in [3.8, 4) is 0 Å². The fraction of sp³-hybridized carbons (Fsp3) is 0.714. The minimum absolute atomic E-state index is 0.117. The van der Waals surface area contributed by atoms with Crippen molar-refractivity contribution in [2.24, 2.45) is 4.36 Å². The molecule has 8 heteroatoms. The zero-order valence-electron chi connectivity index (χ0n) is 7.78. The normalized spacial score (nSPS) is 23.3. The molecule has 0 bridgehead atoms. The summed E-state index contributed by atoms with van der Waals surface area (Å²) in [4.78, 5) is 23.0. The maximum absolute atomic E-state index is 11.8. The van der Waals surface area contributed by atoms with Crippen LogP contribution >= 0.6 is 0 Å². The number of thiol groups is 1. The Kier molecular flexibility index (Phi) is 3.48. The maximum atomic E-state index is 11.8. The summed E-state index contributed by atoms with van der Waals surface area (Å²) in [5, 5.41) is -0.610. The number of halogens is 3. The molecule has 1 aliphatic rings. The van der Waals surface area contributed by atoms with Gasteiger partial charge in [-0.3, -0.25) is 9.59 Å². The Bertz CT molecular complexity index is 316. The molecular weight excluding hydrogens is 233 g/mol. The number of carbonyl (C=O) groups is 2. The van der Waals surface area contributed by atoms with Crippen LogP contribution in [0, 0.1) is 0 Å². The topological polar surface area (TPSA) is 49.7 Å². The highest BCUT2D eigenvalue weighted by Gasteiger charge is 2.39. The lowest BCUT2D eigenvalue weighted by Crippen LogP contribution is -2.26. The summed E-state index contributed by atoms with van der Waals surface area (Å²) in [6.45, 7) is 0.492. The van der Waals surface area contributed by atoms with Crippen LogP contribution in [0.15, 0.2) is 4.36 Å². The molecule has 1 fully saturated rings. The lowest BCUT2D eigenvalue weighted by atomic mass is 10.4.